The third kappa shape index (κ3) is 2.84. The number of nitrogens with zero attached hydrogens (tertiary/aromatic N) is 4. The predicted molar refractivity (Wildman–Crippen MR) is 107 cm³/mol. The van der Waals surface area contributed by atoms with E-state index in [1.165, 1.54) is 12.1 Å². The molecule has 6 heteroatoms. The van der Waals surface area contributed by atoms with Gasteiger partial charge in [0.2, 0.25) is 0 Å². The minimum atomic E-state index is -0.227. The van der Waals surface area contributed by atoms with Crippen LogP contribution in [0.2, 0.25) is 0 Å². The summed E-state index contributed by atoms with van der Waals surface area (Å²) in [7, 11) is 0. The molecule has 3 atom stereocenters. The van der Waals surface area contributed by atoms with Crippen LogP contribution in [0.1, 0.15) is 30.4 Å². The first kappa shape index (κ1) is 16.6. The molecule has 0 saturated carbocycles. The lowest BCUT2D eigenvalue weighted by atomic mass is 10.0. The Morgan fingerprint density at radius 2 is 1.93 bits per heavy atom. The molecule has 1 fully saturated rings. The number of amidine groups is 1. The van der Waals surface area contributed by atoms with Crippen molar-refractivity contribution in [3.63, 3.8) is 0 Å². The zero-order valence-electron chi connectivity index (χ0n) is 14.9. The first-order chi connectivity index (χ1) is 13.2. The molecule has 0 aliphatic carbocycles. The van der Waals surface area contributed by atoms with Gasteiger partial charge in [0.25, 0.3) is 0 Å². The molecule has 0 N–H and O–H groups in total. The van der Waals surface area contributed by atoms with Crippen LogP contribution in [0.4, 0.5) is 4.39 Å². The fraction of sp³-hybridized carbons (Fsp3) is 0.238. The van der Waals surface area contributed by atoms with Gasteiger partial charge in [-0.15, -0.1) is 0 Å². The van der Waals surface area contributed by atoms with E-state index in [9.17, 15) is 4.39 Å². The lowest BCUT2D eigenvalue weighted by molar-refractivity contribution is 0.312. The number of aliphatic imine (C=N–C) groups is 1. The van der Waals surface area contributed by atoms with E-state index < -0.39 is 0 Å². The smallest absolute Gasteiger partial charge is 0.160 e. The second kappa shape index (κ2) is 6.53. The van der Waals surface area contributed by atoms with Gasteiger partial charge in [-0.1, -0.05) is 24.8 Å². The zero-order chi connectivity index (χ0) is 18.4. The fourth-order valence-electron chi connectivity index (χ4n) is 3.91. The van der Waals surface area contributed by atoms with Crippen molar-refractivity contribution in [2.75, 3.05) is 6.54 Å². The first-order valence-corrected chi connectivity index (χ1v) is 9.94. The number of rotatable bonds is 3. The Kier molecular flexibility index (Phi) is 4.01. The highest BCUT2D eigenvalue weighted by atomic mass is 32.2. The Labute approximate surface area is 161 Å². The van der Waals surface area contributed by atoms with E-state index in [0.717, 1.165) is 28.8 Å². The summed E-state index contributed by atoms with van der Waals surface area (Å²) < 4.78 is 15.5. The molecule has 27 heavy (non-hydrogen) atoms. The van der Waals surface area contributed by atoms with Crippen LogP contribution in [-0.4, -0.2) is 31.4 Å². The number of aromatic nitrogens is 2. The topological polar surface area (TPSA) is 33.4 Å². The second-order valence-electron chi connectivity index (χ2n) is 6.92. The molecule has 5 rings (SSSR count). The average Bonchev–Trinajstić information content (AvgIpc) is 3.37. The molecule has 2 aromatic heterocycles. The predicted octanol–water partition coefficient (Wildman–Crippen LogP) is 4.60. The Hall–Kier alpha value is -2.60. The molecule has 2 aliphatic heterocycles. The van der Waals surface area contributed by atoms with E-state index in [0.29, 0.717) is 5.25 Å². The van der Waals surface area contributed by atoms with Crippen LogP contribution >= 0.6 is 11.8 Å². The lowest BCUT2D eigenvalue weighted by Gasteiger charge is -2.28. The molecule has 0 unspecified atom stereocenters. The largest absolute Gasteiger partial charge is 0.339 e. The van der Waals surface area contributed by atoms with Gasteiger partial charge in [-0.3, -0.25) is 9.98 Å². The van der Waals surface area contributed by atoms with Gasteiger partial charge in [0.05, 0.1) is 11.7 Å². The van der Waals surface area contributed by atoms with E-state index >= 15 is 0 Å². The van der Waals surface area contributed by atoms with Gasteiger partial charge >= 0.3 is 0 Å². The summed E-state index contributed by atoms with van der Waals surface area (Å²) in [5.74, 6) is -0.227. The molecule has 0 radical (unpaired) electrons. The number of pyridine rings is 1. The molecule has 0 bridgehead atoms. The van der Waals surface area contributed by atoms with Crippen molar-refractivity contribution in [2.24, 2.45) is 4.99 Å². The highest BCUT2D eigenvalue weighted by Crippen LogP contribution is 2.47. The Morgan fingerprint density at radius 3 is 2.70 bits per heavy atom. The van der Waals surface area contributed by atoms with Crippen LogP contribution in [0.3, 0.4) is 0 Å². The Morgan fingerprint density at radius 1 is 1.07 bits per heavy atom. The molecule has 3 aromatic rings. The van der Waals surface area contributed by atoms with Crippen molar-refractivity contribution in [3.8, 4) is 5.69 Å². The standard InChI is InChI=1S/C21H19FN4S/c1-14-13-26-20(19(24-21(26)27-14)17-5-2-3-11-23-17)18-6-4-12-25(18)16-9-7-15(22)8-10-16/h2-12,14,19-20H,13H2,1H3/t14-,19-,20+/m1/s1. The summed E-state index contributed by atoms with van der Waals surface area (Å²) in [6, 6.07) is 16.8. The van der Waals surface area contributed by atoms with Gasteiger partial charge in [0.15, 0.2) is 5.17 Å². The molecule has 0 spiro atoms. The summed E-state index contributed by atoms with van der Waals surface area (Å²) in [5.41, 5.74) is 3.07. The number of halogens is 1. The quantitative estimate of drug-likeness (QED) is 0.668. The Balaban J connectivity index is 1.60. The third-order valence-electron chi connectivity index (χ3n) is 5.07. The second-order valence-corrected chi connectivity index (χ2v) is 8.32. The lowest BCUT2D eigenvalue weighted by Crippen LogP contribution is -2.30. The maximum absolute atomic E-state index is 13.4. The first-order valence-electron chi connectivity index (χ1n) is 9.06. The molecule has 4 heterocycles. The van der Waals surface area contributed by atoms with Gasteiger partial charge in [0, 0.05) is 35.6 Å². The van der Waals surface area contributed by atoms with E-state index in [-0.39, 0.29) is 17.9 Å². The molecule has 0 amide bonds. The van der Waals surface area contributed by atoms with Gasteiger partial charge in [-0.2, -0.15) is 0 Å². The molecular weight excluding hydrogens is 359 g/mol. The molecule has 2 aliphatic rings. The van der Waals surface area contributed by atoms with Crippen molar-refractivity contribution < 1.29 is 4.39 Å². The van der Waals surface area contributed by atoms with Crippen LogP contribution in [0.25, 0.3) is 5.69 Å². The number of hydrogen-bond donors (Lipinski definition) is 0. The van der Waals surface area contributed by atoms with Crippen LogP contribution in [0.15, 0.2) is 72.0 Å². The van der Waals surface area contributed by atoms with Gasteiger partial charge < -0.3 is 9.47 Å². The van der Waals surface area contributed by atoms with Crippen LogP contribution in [-0.2, 0) is 0 Å². The maximum atomic E-state index is 13.4. The molecule has 136 valence electrons. The van der Waals surface area contributed by atoms with Crippen molar-refractivity contribution in [2.45, 2.75) is 24.3 Å². The fourth-order valence-corrected chi connectivity index (χ4v) is 5.00. The van der Waals surface area contributed by atoms with Crippen molar-refractivity contribution >= 4 is 16.9 Å². The van der Waals surface area contributed by atoms with Crippen LogP contribution in [0.5, 0.6) is 0 Å². The molecule has 4 nitrogen and oxygen atoms in total. The number of benzene rings is 1. The van der Waals surface area contributed by atoms with E-state index in [1.807, 2.05) is 60.6 Å². The SMILES string of the molecule is C[C@@H]1CN2C(=N[C@H](c3ccccn3)[C@@H]2c2cccn2-c2ccc(F)cc2)S1. The van der Waals surface area contributed by atoms with Crippen molar-refractivity contribution in [1.82, 2.24) is 14.5 Å². The monoisotopic (exact) mass is 378 g/mol. The zero-order valence-corrected chi connectivity index (χ0v) is 15.7. The third-order valence-corrected chi connectivity index (χ3v) is 6.17. The van der Waals surface area contributed by atoms with Crippen LogP contribution in [0, 0.1) is 5.82 Å². The highest BCUT2D eigenvalue weighted by Gasteiger charge is 2.44. The van der Waals surface area contributed by atoms with Gasteiger partial charge in [-0.25, -0.2) is 4.39 Å². The average molecular weight is 378 g/mol. The van der Waals surface area contributed by atoms with E-state index in [2.05, 4.69) is 27.4 Å². The number of fused-ring (bicyclic) bond motifs is 1. The van der Waals surface area contributed by atoms with Crippen LogP contribution < -0.4 is 0 Å². The highest BCUT2D eigenvalue weighted by molar-refractivity contribution is 8.14. The van der Waals surface area contributed by atoms with E-state index in [1.54, 1.807) is 0 Å². The Bertz CT molecular complexity index is 983. The van der Waals surface area contributed by atoms with Crippen molar-refractivity contribution in [1.29, 1.82) is 0 Å². The van der Waals surface area contributed by atoms with Crippen molar-refractivity contribution in [3.05, 3.63) is 84.2 Å². The maximum Gasteiger partial charge on any atom is 0.160 e. The van der Waals surface area contributed by atoms with E-state index in [4.69, 9.17) is 4.99 Å². The summed E-state index contributed by atoms with van der Waals surface area (Å²) in [5, 5.41) is 1.61. The van der Waals surface area contributed by atoms with Gasteiger partial charge in [0.1, 0.15) is 11.9 Å². The number of hydrogen-bond acceptors (Lipinski definition) is 4. The number of thioether (sulfide) groups is 1. The summed E-state index contributed by atoms with van der Waals surface area (Å²) in [4.78, 5) is 12.0. The summed E-state index contributed by atoms with van der Waals surface area (Å²) >= 11 is 1.83. The summed E-state index contributed by atoms with van der Waals surface area (Å²) in [6.45, 7) is 3.20. The minimum absolute atomic E-state index is 0.0460. The minimum Gasteiger partial charge on any atom is -0.339 e. The molecule has 1 aromatic carbocycles. The van der Waals surface area contributed by atoms with Gasteiger partial charge in [-0.05, 0) is 48.5 Å². The molecule has 1 saturated heterocycles. The normalized spacial score (nSPS) is 24.1. The molecular formula is C21H19FN4S. The summed E-state index contributed by atoms with van der Waals surface area (Å²) in [6.07, 6.45) is 3.85.